The largest absolute Gasteiger partial charge is 0.484 e. The topological polar surface area (TPSA) is 80.3 Å². The fourth-order valence-corrected chi connectivity index (χ4v) is 3.53. The first-order chi connectivity index (χ1) is 11.7. The number of amides is 2. The molecule has 0 radical (unpaired) electrons. The predicted octanol–water partition coefficient (Wildman–Crippen LogP) is 2.16. The van der Waals surface area contributed by atoms with Crippen molar-refractivity contribution in [1.29, 1.82) is 0 Å². The van der Waals surface area contributed by atoms with E-state index in [-0.39, 0.29) is 25.0 Å². The number of rotatable bonds is 6. The van der Waals surface area contributed by atoms with Crippen LogP contribution in [-0.4, -0.2) is 29.9 Å². The summed E-state index contributed by atoms with van der Waals surface area (Å²) < 4.78 is 5.32. The van der Waals surface area contributed by atoms with Crippen molar-refractivity contribution in [2.75, 3.05) is 18.5 Å². The summed E-state index contributed by atoms with van der Waals surface area (Å²) in [4.78, 5) is 29.3. The Bertz CT molecular complexity index is 692. The number of ether oxygens (including phenoxy) is 1. The van der Waals surface area contributed by atoms with Crippen molar-refractivity contribution < 1.29 is 14.3 Å². The average molecular weight is 345 g/mol. The van der Waals surface area contributed by atoms with Crippen LogP contribution in [0.1, 0.15) is 23.4 Å². The fraction of sp³-hybridized carbons (Fsp3) is 0.353. The van der Waals surface area contributed by atoms with Crippen molar-refractivity contribution in [3.05, 3.63) is 40.9 Å². The van der Waals surface area contributed by atoms with Crippen LogP contribution in [0.2, 0.25) is 0 Å². The Morgan fingerprint density at radius 3 is 2.71 bits per heavy atom. The van der Waals surface area contributed by atoms with Crippen LogP contribution in [0.3, 0.4) is 0 Å². The maximum Gasteiger partial charge on any atom is 0.258 e. The first-order valence-electron chi connectivity index (χ1n) is 7.93. The van der Waals surface area contributed by atoms with E-state index in [0.29, 0.717) is 10.9 Å². The molecular weight excluding hydrogens is 326 g/mol. The van der Waals surface area contributed by atoms with Gasteiger partial charge in [-0.05, 0) is 37.8 Å². The number of nitrogens with zero attached hydrogens (tertiary/aromatic N) is 1. The number of thiazole rings is 1. The lowest BCUT2D eigenvalue weighted by atomic mass is 10.0. The van der Waals surface area contributed by atoms with E-state index in [1.165, 1.54) is 22.6 Å². The molecule has 1 aliphatic carbocycles. The predicted molar refractivity (Wildman–Crippen MR) is 92.3 cm³/mol. The molecule has 0 saturated heterocycles. The Balaban J connectivity index is 1.40. The van der Waals surface area contributed by atoms with Crippen LogP contribution in [0.15, 0.2) is 30.3 Å². The van der Waals surface area contributed by atoms with E-state index >= 15 is 0 Å². The number of nitrogens with one attached hydrogen (secondary N) is 2. The number of benzene rings is 1. The third-order valence-electron chi connectivity index (χ3n) is 3.65. The maximum atomic E-state index is 11.9. The summed E-state index contributed by atoms with van der Waals surface area (Å²) in [6, 6.07) is 9.06. The van der Waals surface area contributed by atoms with E-state index in [2.05, 4.69) is 15.6 Å². The van der Waals surface area contributed by atoms with E-state index < -0.39 is 0 Å². The van der Waals surface area contributed by atoms with Gasteiger partial charge < -0.3 is 15.4 Å². The second-order valence-corrected chi connectivity index (χ2v) is 6.61. The number of fused-ring (bicyclic) bond motifs is 1. The van der Waals surface area contributed by atoms with Gasteiger partial charge in [0.2, 0.25) is 5.91 Å². The van der Waals surface area contributed by atoms with Gasteiger partial charge in [-0.3, -0.25) is 9.59 Å². The van der Waals surface area contributed by atoms with E-state index in [0.717, 1.165) is 25.0 Å². The highest BCUT2D eigenvalue weighted by molar-refractivity contribution is 7.15. The molecule has 0 saturated carbocycles. The summed E-state index contributed by atoms with van der Waals surface area (Å²) >= 11 is 1.52. The van der Waals surface area contributed by atoms with Gasteiger partial charge in [0, 0.05) is 4.88 Å². The number of hydrogen-bond donors (Lipinski definition) is 2. The van der Waals surface area contributed by atoms with Crippen molar-refractivity contribution in [3.63, 3.8) is 0 Å². The van der Waals surface area contributed by atoms with Gasteiger partial charge >= 0.3 is 0 Å². The van der Waals surface area contributed by atoms with Crippen molar-refractivity contribution in [1.82, 2.24) is 10.3 Å². The SMILES string of the molecule is O=C(COc1ccccc1)NCC(=O)Nc1nc2c(s1)CCCC2. The Kier molecular flexibility index (Phi) is 5.43. The molecule has 2 aromatic rings. The third kappa shape index (κ3) is 4.55. The summed E-state index contributed by atoms with van der Waals surface area (Å²) in [6.07, 6.45) is 4.35. The molecule has 0 unspecified atom stereocenters. The average Bonchev–Trinajstić information content (AvgIpc) is 3.01. The molecule has 0 spiro atoms. The summed E-state index contributed by atoms with van der Waals surface area (Å²) in [6.45, 7) is -0.218. The maximum absolute atomic E-state index is 11.9. The third-order valence-corrected chi connectivity index (χ3v) is 4.72. The quantitative estimate of drug-likeness (QED) is 0.841. The van der Waals surface area contributed by atoms with Crippen LogP contribution in [0.25, 0.3) is 0 Å². The van der Waals surface area contributed by atoms with Crippen molar-refractivity contribution in [2.24, 2.45) is 0 Å². The summed E-state index contributed by atoms with van der Waals surface area (Å²) in [7, 11) is 0. The van der Waals surface area contributed by atoms with Crippen molar-refractivity contribution in [3.8, 4) is 5.75 Å². The molecule has 0 aliphatic heterocycles. The lowest BCUT2D eigenvalue weighted by molar-refractivity contribution is -0.125. The van der Waals surface area contributed by atoms with Crippen molar-refractivity contribution in [2.45, 2.75) is 25.7 Å². The Labute approximate surface area is 144 Å². The monoisotopic (exact) mass is 345 g/mol. The summed E-state index contributed by atoms with van der Waals surface area (Å²) in [5.74, 6) is -0.00735. The number of aryl methyl sites for hydroxylation is 2. The zero-order valence-corrected chi connectivity index (χ0v) is 14.0. The Hall–Kier alpha value is -2.41. The molecule has 0 bridgehead atoms. The molecule has 7 heteroatoms. The molecule has 126 valence electrons. The standard InChI is InChI=1S/C17H19N3O3S/c21-15(20-17-19-13-8-4-5-9-14(13)24-17)10-18-16(22)11-23-12-6-2-1-3-7-12/h1-3,6-7H,4-5,8-11H2,(H,18,22)(H,19,20,21). The number of carbonyl (C=O) groups excluding carboxylic acids is 2. The highest BCUT2D eigenvalue weighted by atomic mass is 32.1. The Morgan fingerprint density at radius 1 is 1.12 bits per heavy atom. The minimum absolute atomic E-state index is 0.0960. The highest BCUT2D eigenvalue weighted by Gasteiger charge is 2.16. The first-order valence-corrected chi connectivity index (χ1v) is 8.75. The number of anilines is 1. The van der Waals surface area contributed by atoms with Gasteiger partial charge in [-0.1, -0.05) is 18.2 Å². The molecule has 2 N–H and O–H groups in total. The van der Waals surface area contributed by atoms with Gasteiger partial charge in [-0.2, -0.15) is 0 Å². The smallest absolute Gasteiger partial charge is 0.258 e. The zero-order valence-electron chi connectivity index (χ0n) is 13.2. The number of hydrogen-bond acceptors (Lipinski definition) is 5. The highest BCUT2D eigenvalue weighted by Crippen LogP contribution is 2.29. The van der Waals surface area contributed by atoms with Gasteiger partial charge in [0.25, 0.3) is 5.91 Å². The van der Waals surface area contributed by atoms with Crippen LogP contribution in [0, 0.1) is 0 Å². The van der Waals surface area contributed by atoms with E-state index in [1.807, 2.05) is 18.2 Å². The molecule has 0 fully saturated rings. The summed E-state index contributed by atoms with van der Waals surface area (Å²) in [5, 5.41) is 5.89. The zero-order chi connectivity index (χ0) is 16.8. The molecule has 6 nitrogen and oxygen atoms in total. The van der Waals surface area contributed by atoms with Crippen LogP contribution in [0.5, 0.6) is 5.75 Å². The van der Waals surface area contributed by atoms with E-state index in [9.17, 15) is 9.59 Å². The van der Waals surface area contributed by atoms with Gasteiger partial charge in [0.15, 0.2) is 11.7 Å². The second kappa shape index (κ2) is 7.92. The minimum Gasteiger partial charge on any atom is -0.484 e. The normalized spacial score (nSPS) is 13.0. The van der Waals surface area contributed by atoms with Gasteiger partial charge in [0.05, 0.1) is 12.2 Å². The van der Waals surface area contributed by atoms with Crippen molar-refractivity contribution >= 4 is 28.3 Å². The number of para-hydroxylation sites is 1. The molecule has 1 aliphatic rings. The molecule has 2 amide bonds. The Morgan fingerprint density at radius 2 is 1.92 bits per heavy atom. The lowest BCUT2D eigenvalue weighted by Gasteiger charge is -2.07. The van der Waals surface area contributed by atoms with E-state index in [1.54, 1.807) is 12.1 Å². The molecule has 3 rings (SSSR count). The molecule has 1 aromatic heterocycles. The van der Waals surface area contributed by atoms with Gasteiger partial charge in [-0.15, -0.1) is 11.3 Å². The van der Waals surface area contributed by atoms with Gasteiger partial charge in [0.1, 0.15) is 5.75 Å². The molecule has 1 aromatic carbocycles. The summed E-state index contributed by atoms with van der Waals surface area (Å²) in [5.41, 5.74) is 1.10. The first kappa shape index (κ1) is 16.4. The number of aromatic nitrogens is 1. The molecule has 0 atom stereocenters. The number of carbonyl (C=O) groups is 2. The van der Waals surface area contributed by atoms with E-state index in [4.69, 9.17) is 4.74 Å². The van der Waals surface area contributed by atoms with Crippen LogP contribution in [0.4, 0.5) is 5.13 Å². The molecule has 24 heavy (non-hydrogen) atoms. The lowest BCUT2D eigenvalue weighted by Crippen LogP contribution is -2.35. The van der Waals surface area contributed by atoms with Gasteiger partial charge in [-0.25, -0.2) is 4.98 Å². The minimum atomic E-state index is -0.340. The molecule has 1 heterocycles. The van der Waals surface area contributed by atoms with Crippen LogP contribution in [-0.2, 0) is 22.4 Å². The van der Waals surface area contributed by atoms with Crippen LogP contribution < -0.4 is 15.4 Å². The molecular formula is C17H19N3O3S. The second-order valence-electron chi connectivity index (χ2n) is 5.52. The van der Waals surface area contributed by atoms with Crippen LogP contribution >= 0.6 is 11.3 Å². The fourth-order valence-electron chi connectivity index (χ4n) is 2.46.